The summed E-state index contributed by atoms with van der Waals surface area (Å²) in [5.41, 5.74) is -0.290. The van der Waals surface area contributed by atoms with E-state index in [-0.39, 0.29) is 36.5 Å². The summed E-state index contributed by atoms with van der Waals surface area (Å²) in [7, 11) is 0. The SMILES string of the molecule is O=c1[nH]c(C(F)(F)F)nc2c1CN(Cc1cc(O)c(O)cc1O)CC2. The maximum absolute atomic E-state index is 12.7. The first-order chi connectivity index (χ1) is 11.6. The summed E-state index contributed by atoms with van der Waals surface area (Å²) in [4.78, 5) is 18.9. The zero-order valence-corrected chi connectivity index (χ0v) is 12.8. The van der Waals surface area contributed by atoms with Gasteiger partial charge in [0.25, 0.3) is 5.56 Å². The van der Waals surface area contributed by atoms with Crippen LogP contribution in [0.2, 0.25) is 0 Å². The van der Waals surface area contributed by atoms with Gasteiger partial charge in [-0.15, -0.1) is 0 Å². The quantitative estimate of drug-likeness (QED) is 0.479. The van der Waals surface area contributed by atoms with E-state index in [0.717, 1.165) is 6.07 Å². The molecule has 0 spiro atoms. The highest BCUT2D eigenvalue weighted by Crippen LogP contribution is 2.33. The minimum Gasteiger partial charge on any atom is -0.507 e. The molecular weight excluding hydrogens is 343 g/mol. The van der Waals surface area contributed by atoms with E-state index in [0.29, 0.717) is 12.1 Å². The molecule has 2 aromatic rings. The Morgan fingerprint density at radius 1 is 1.16 bits per heavy atom. The molecule has 0 bridgehead atoms. The smallest absolute Gasteiger partial charge is 0.449 e. The number of alkyl halides is 3. The summed E-state index contributed by atoms with van der Waals surface area (Å²) >= 11 is 0. The molecule has 0 aliphatic carbocycles. The second-order valence-corrected chi connectivity index (χ2v) is 5.77. The molecule has 134 valence electrons. The molecule has 0 radical (unpaired) electrons. The summed E-state index contributed by atoms with van der Waals surface area (Å²) in [5.74, 6) is -2.42. The fraction of sp³-hybridized carbons (Fsp3) is 0.333. The van der Waals surface area contributed by atoms with Gasteiger partial charge in [-0.05, 0) is 6.07 Å². The third kappa shape index (κ3) is 3.38. The molecule has 1 aromatic carbocycles. The van der Waals surface area contributed by atoms with Crippen molar-refractivity contribution in [3.8, 4) is 17.2 Å². The van der Waals surface area contributed by atoms with Crippen LogP contribution in [0, 0.1) is 0 Å². The fourth-order valence-electron chi connectivity index (χ4n) is 2.73. The number of hydrogen-bond acceptors (Lipinski definition) is 6. The van der Waals surface area contributed by atoms with Gasteiger partial charge in [-0.2, -0.15) is 13.2 Å². The van der Waals surface area contributed by atoms with Crippen LogP contribution >= 0.6 is 0 Å². The highest BCUT2D eigenvalue weighted by atomic mass is 19.4. The third-order valence-corrected chi connectivity index (χ3v) is 3.99. The molecule has 7 nitrogen and oxygen atoms in total. The minimum absolute atomic E-state index is 0.0525. The Labute approximate surface area is 139 Å². The Hall–Kier alpha value is -2.75. The number of H-pyrrole nitrogens is 1. The molecule has 3 rings (SSSR count). The van der Waals surface area contributed by atoms with E-state index < -0.39 is 29.1 Å². The van der Waals surface area contributed by atoms with Crippen LogP contribution in [0.25, 0.3) is 0 Å². The van der Waals surface area contributed by atoms with Crippen LogP contribution in [0.5, 0.6) is 17.2 Å². The van der Waals surface area contributed by atoms with Crippen molar-refractivity contribution in [1.29, 1.82) is 0 Å². The van der Waals surface area contributed by atoms with Crippen LogP contribution < -0.4 is 5.56 Å². The molecule has 10 heteroatoms. The summed E-state index contributed by atoms with van der Waals surface area (Å²) < 4.78 is 38.1. The summed E-state index contributed by atoms with van der Waals surface area (Å²) in [6.45, 7) is 0.512. The van der Waals surface area contributed by atoms with Gasteiger partial charge < -0.3 is 20.3 Å². The number of halogens is 3. The Kier molecular flexibility index (Phi) is 4.07. The maximum Gasteiger partial charge on any atom is 0.449 e. The Morgan fingerprint density at radius 2 is 1.84 bits per heavy atom. The van der Waals surface area contributed by atoms with E-state index in [1.165, 1.54) is 6.07 Å². The first-order valence-electron chi connectivity index (χ1n) is 7.30. The number of nitrogens with one attached hydrogen (secondary N) is 1. The summed E-state index contributed by atoms with van der Waals surface area (Å²) in [5, 5.41) is 28.7. The number of aromatic nitrogens is 2. The van der Waals surface area contributed by atoms with Crippen molar-refractivity contribution < 1.29 is 28.5 Å². The monoisotopic (exact) mass is 357 g/mol. The topological polar surface area (TPSA) is 110 Å². The molecule has 1 aromatic heterocycles. The molecule has 1 aliphatic rings. The standard InChI is InChI=1S/C15H14F3N3O4/c16-15(17,18)14-19-9-1-2-21(6-8(9)13(25)20-14)5-7-3-11(23)12(24)4-10(7)22/h3-4,22-24H,1-2,5-6H2,(H,19,20,25). The highest BCUT2D eigenvalue weighted by Gasteiger charge is 2.36. The van der Waals surface area contributed by atoms with E-state index in [1.807, 2.05) is 0 Å². The number of nitrogens with zero attached hydrogens (tertiary/aromatic N) is 2. The molecule has 2 heterocycles. The summed E-state index contributed by atoms with van der Waals surface area (Å²) in [6.07, 6.45) is -4.58. The van der Waals surface area contributed by atoms with Gasteiger partial charge in [0.2, 0.25) is 5.82 Å². The molecule has 0 fully saturated rings. The molecule has 4 N–H and O–H groups in total. The Morgan fingerprint density at radius 3 is 2.52 bits per heavy atom. The van der Waals surface area contributed by atoms with Gasteiger partial charge in [0.1, 0.15) is 5.75 Å². The molecule has 0 saturated heterocycles. The number of aromatic amines is 1. The van der Waals surface area contributed by atoms with Crippen LogP contribution in [0.3, 0.4) is 0 Å². The van der Waals surface area contributed by atoms with Crippen molar-refractivity contribution in [2.45, 2.75) is 25.7 Å². The van der Waals surface area contributed by atoms with E-state index >= 15 is 0 Å². The van der Waals surface area contributed by atoms with Crippen molar-refractivity contribution in [2.24, 2.45) is 0 Å². The minimum atomic E-state index is -4.72. The number of aromatic hydroxyl groups is 3. The van der Waals surface area contributed by atoms with E-state index in [9.17, 15) is 33.3 Å². The normalized spacial score (nSPS) is 15.2. The van der Waals surface area contributed by atoms with Gasteiger partial charge in [-0.1, -0.05) is 0 Å². The lowest BCUT2D eigenvalue weighted by Gasteiger charge is -2.28. The average Bonchev–Trinajstić information content (AvgIpc) is 2.52. The van der Waals surface area contributed by atoms with E-state index in [2.05, 4.69) is 4.98 Å². The van der Waals surface area contributed by atoms with Gasteiger partial charge in [-0.25, -0.2) is 4.98 Å². The van der Waals surface area contributed by atoms with Crippen LogP contribution in [-0.2, 0) is 25.7 Å². The predicted molar refractivity (Wildman–Crippen MR) is 79.1 cm³/mol. The number of benzene rings is 1. The lowest BCUT2D eigenvalue weighted by molar-refractivity contribution is -0.145. The molecule has 0 unspecified atom stereocenters. The number of hydrogen-bond donors (Lipinski definition) is 4. The molecule has 0 atom stereocenters. The first-order valence-corrected chi connectivity index (χ1v) is 7.30. The van der Waals surface area contributed by atoms with Crippen molar-refractivity contribution in [3.63, 3.8) is 0 Å². The van der Waals surface area contributed by atoms with Crippen molar-refractivity contribution in [3.05, 3.63) is 45.1 Å². The predicted octanol–water partition coefficient (Wildman–Crippen LogP) is 1.46. The number of phenolic OH excluding ortho intramolecular Hbond substituents is 3. The highest BCUT2D eigenvalue weighted by molar-refractivity contribution is 5.48. The van der Waals surface area contributed by atoms with Gasteiger partial charge in [-0.3, -0.25) is 9.69 Å². The van der Waals surface area contributed by atoms with Gasteiger partial charge in [0, 0.05) is 37.7 Å². The summed E-state index contributed by atoms with van der Waals surface area (Å²) in [6, 6.07) is 2.18. The number of fused-ring (bicyclic) bond motifs is 1. The molecule has 25 heavy (non-hydrogen) atoms. The zero-order chi connectivity index (χ0) is 18.4. The van der Waals surface area contributed by atoms with Crippen molar-refractivity contribution in [1.82, 2.24) is 14.9 Å². The van der Waals surface area contributed by atoms with Crippen LogP contribution in [-0.4, -0.2) is 36.7 Å². The largest absolute Gasteiger partial charge is 0.507 e. The van der Waals surface area contributed by atoms with E-state index in [1.54, 1.807) is 9.88 Å². The Bertz CT molecular complexity index is 880. The van der Waals surface area contributed by atoms with Crippen LogP contribution in [0.15, 0.2) is 16.9 Å². The maximum atomic E-state index is 12.7. The van der Waals surface area contributed by atoms with Gasteiger partial charge >= 0.3 is 6.18 Å². The third-order valence-electron chi connectivity index (χ3n) is 3.99. The lowest BCUT2D eigenvalue weighted by atomic mass is 10.1. The number of phenols is 3. The second-order valence-electron chi connectivity index (χ2n) is 5.77. The molecule has 0 amide bonds. The first kappa shape index (κ1) is 17.1. The average molecular weight is 357 g/mol. The molecule has 0 saturated carbocycles. The van der Waals surface area contributed by atoms with Crippen molar-refractivity contribution in [2.75, 3.05) is 6.54 Å². The molecule has 1 aliphatic heterocycles. The molecular formula is C15H14F3N3O4. The van der Waals surface area contributed by atoms with Gasteiger partial charge in [0.05, 0.1) is 11.3 Å². The Balaban J connectivity index is 1.85. The van der Waals surface area contributed by atoms with Crippen LogP contribution in [0.4, 0.5) is 13.2 Å². The zero-order valence-electron chi connectivity index (χ0n) is 12.8. The van der Waals surface area contributed by atoms with E-state index in [4.69, 9.17) is 0 Å². The second kappa shape index (κ2) is 5.96. The van der Waals surface area contributed by atoms with Crippen molar-refractivity contribution >= 4 is 0 Å². The fourth-order valence-corrected chi connectivity index (χ4v) is 2.73. The van der Waals surface area contributed by atoms with Gasteiger partial charge in [0.15, 0.2) is 11.5 Å². The van der Waals surface area contributed by atoms with Crippen LogP contribution in [0.1, 0.15) is 22.6 Å². The lowest BCUT2D eigenvalue weighted by Crippen LogP contribution is -2.36. The number of rotatable bonds is 2.